The predicted molar refractivity (Wildman–Crippen MR) is 55.5 cm³/mol. The van der Waals surface area contributed by atoms with Crippen LogP contribution in [0.2, 0.25) is 0 Å². The van der Waals surface area contributed by atoms with E-state index in [1.807, 2.05) is 0 Å². The third-order valence-corrected chi connectivity index (χ3v) is 1.71. The van der Waals surface area contributed by atoms with Crippen LogP contribution in [0, 0.1) is 0 Å². The molecule has 0 saturated carbocycles. The zero-order chi connectivity index (χ0) is 9.52. The minimum Gasteiger partial charge on any atom is -0.362 e. The van der Waals surface area contributed by atoms with Gasteiger partial charge in [0.2, 0.25) is 5.95 Å². The molecule has 1 heterocycles. The standard InChI is InChI=1S/C7H13N5S/c1-2-3-4-8-7(13)11-6-9-5-10-12-6/h5H,2-4H2,1H3,(H3,8,9,10,11,12,13). The molecule has 6 heteroatoms. The second-order valence-electron chi connectivity index (χ2n) is 2.57. The van der Waals surface area contributed by atoms with E-state index < -0.39 is 0 Å². The summed E-state index contributed by atoms with van der Waals surface area (Å²) in [6.07, 6.45) is 3.69. The number of unbranched alkanes of at least 4 members (excludes halogenated alkanes) is 1. The van der Waals surface area contributed by atoms with Gasteiger partial charge >= 0.3 is 0 Å². The van der Waals surface area contributed by atoms with Crippen LogP contribution in [0.5, 0.6) is 0 Å². The van der Waals surface area contributed by atoms with E-state index >= 15 is 0 Å². The lowest BCUT2D eigenvalue weighted by Crippen LogP contribution is -2.29. The zero-order valence-corrected chi connectivity index (χ0v) is 8.32. The van der Waals surface area contributed by atoms with E-state index in [9.17, 15) is 0 Å². The van der Waals surface area contributed by atoms with Crippen LogP contribution in [-0.4, -0.2) is 26.8 Å². The maximum atomic E-state index is 5.01. The second-order valence-corrected chi connectivity index (χ2v) is 2.98. The monoisotopic (exact) mass is 199 g/mol. The fraction of sp³-hybridized carbons (Fsp3) is 0.571. The van der Waals surface area contributed by atoms with Crippen molar-refractivity contribution in [3.8, 4) is 0 Å². The summed E-state index contributed by atoms with van der Waals surface area (Å²) in [5, 5.41) is 12.8. The van der Waals surface area contributed by atoms with Crippen molar-refractivity contribution < 1.29 is 0 Å². The normalized spacial score (nSPS) is 9.62. The van der Waals surface area contributed by atoms with Crippen molar-refractivity contribution >= 4 is 23.3 Å². The van der Waals surface area contributed by atoms with Crippen LogP contribution in [0.15, 0.2) is 6.33 Å². The van der Waals surface area contributed by atoms with E-state index in [4.69, 9.17) is 12.2 Å². The minimum atomic E-state index is 0.564. The maximum absolute atomic E-state index is 5.01. The number of nitrogens with zero attached hydrogens (tertiary/aromatic N) is 2. The number of aromatic amines is 1. The minimum absolute atomic E-state index is 0.564. The van der Waals surface area contributed by atoms with Gasteiger partial charge in [-0.2, -0.15) is 10.1 Å². The summed E-state index contributed by atoms with van der Waals surface area (Å²) >= 11 is 5.01. The molecular weight excluding hydrogens is 186 g/mol. The molecule has 0 saturated heterocycles. The molecule has 1 aromatic heterocycles. The fourth-order valence-electron chi connectivity index (χ4n) is 0.796. The van der Waals surface area contributed by atoms with Crippen molar-refractivity contribution in [3.63, 3.8) is 0 Å². The van der Waals surface area contributed by atoms with Gasteiger partial charge in [-0.05, 0) is 18.6 Å². The summed E-state index contributed by atoms with van der Waals surface area (Å²) < 4.78 is 0. The molecule has 0 aliphatic carbocycles. The average Bonchev–Trinajstić information content (AvgIpc) is 2.57. The molecule has 0 atom stereocenters. The molecule has 13 heavy (non-hydrogen) atoms. The molecule has 3 N–H and O–H groups in total. The molecule has 0 radical (unpaired) electrons. The third kappa shape index (κ3) is 3.84. The Morgan fingerprint density at radius 2 is 2.54 bits per heavy atom. The van der Waals surface area contributed by atoms with E-state index in [0.717, 1.165) is 19.4 Å². The molecule has 1 aromatic rings. The Balaban J connectivity index is 2.18. The molecular formula is C7H13N5S. The highest BCUT2D eigenvalue weighted by Gasteiger charge is 1.97. The van der Waals surface area contributed by atoms with Gasteiger partial charge in [-0.15, -0.1) is 0 Å². The summed E-state index contributed by atoms with van der Waals surface area (Å²) in [4.78, 5) is 3.88. The number of thiocarbonyl (C=S) groups is 1. The smallest absolute Gasteiger partial charge is 0.224 e. The molecule has 0 spiro atoms. The van der Waals surface area contributed by atoms with Crippen LogP contribution >= 0.6 is 12.2 Å². The van der Waals surface area contributed by atoms with Crippen LogP contribution in [0.25, 0.3) is 0 Å². The van der Waals surface area contributed by atoms with E-state index in [1.54, 1.807) is 0 Å². The van der Waals surface area contributed by atoms with Gasteiger partial charge in [-0.3, -0.25) is 0 Å². The lowest BCUT2D eigenvalue weighted by molar-refractivity contribution is 0.758. The van der Waals surface area contributed by atoms with Gasteiger partial charge in [0, 0.05) is 6.54 Å². The van der Waals surface area contributed by atoms with Crippen molar-refractivity contribution in [1.29, 1.82) is 0 Å². The Bertz CT molecular complexity index is 245. The number of hydrogen-bond donors (Lipinski definition) is 3. The first kappa shape index (κ1) is 9.91. The van der Waals surface area contributed by atoms with Crippen LogP contribution in [0.4, 0.5) is 5.95 Å². The number of anilines is 1. The Labute approximate surface area is 82.3 Å². The summed E-state index contributed by atoms with van der Waals surface area (Å²) in [5.41, 5.74) is 0. The number of aromatic nitrogens is 3. The molecule has 72 valence electrons. The van der Waals surface area contributed by atoms with Crippen LogP contribution in [0.3, 0.4) is 0 Å². The first-order chi connectivity index (χ1) is 6.33. The second kappa shape index (κ2) is 5.47. The lowest BCUT2D eigenvalue weighted by Gasteiger charge is -2.06. The first-order valence-corrected chi connectivity index (χ1v) is 4.64. The maximum Gasteiger partial charge on any atom is 0.224 e. The average molecular weight is 199 g/mol. The largest absolute Gasteiger partial charge is 0.362 e. The highest BCUT2D eigenvalue weighted by Crippen LogP contribution is 1.91. The molecule has 0 unspecified atom stereocenters. The molecule has 1 rings (SSSR count). The van der Waals surface area contributed by atoms with Gasteiger partial charge in [0.15, 0.2) is 5.11 Å². The van der Waals surface area contributed by atoms with Crippen LogP contribution in [0.1, 0.15) is 19.8 Å². The van der Waals surface area contributed by atoms with Crippen molar-refractivity contribution in [3.05, 3.63) is 6.33 Å². The van der Waals surface area contributed by atoms with Gasteiger partial charge in [0.1, 0.15) is 6.33 Å². The first-order valence-electron chi connectivity index (χ1n) is 4.23. The van der Waals surface area contributed by atoms with Crippen LogP contribution in [-0.2, 0) is 0 Å². The molecule has 0 aromatic carbocycles. The molecule has 0 aliphatic heterocycles. The van der Waals surface area contributed by atoms with Gasteiger partial charge in [-0.25, -0.2) is 5.10 Å². The van der Waals surface area contributed by atoms with Gasteiger partial charge < -0.3 is 10.6 Å². The van der Waals surface area contributed by atoms with E-state index in [2.05, 4.69) is 32.7 Å². The van der Waals surface area contributed by atoms with Crippen LogP contribution < -0.4 is 10.6 Å². The van der Waals surface area contributed by atoms with Gasteiger partial charge in [0.05, 0.1) is 0 Å². The number of nitrogens with one attached hydrogen (secondary N) is 3. The fourth-order valence-corrected chi connectivity index (χ4v) is 0.995. The summed E-state index contributed by atoms with van der Waals surface area (Å²) in [6.45, 7) is 3.02. The number of hydrogen-bond acceptors (Lipinski definition) is 3. The molecule has 0 aliphatic rings. The van der Waals surface area contributed by atoms with Gasteiger partial charge in [0.25, 0.3) is 0 Å². The predicted octanol–water partition coefficient (Wildman–Crippen LogP) is 0.891. The van der Waals surface area contributed by atoms with Gasteiger partial charge in [-0.1, -0.05) is 13.3 Å². The zero-order valence-electron chi connectivity index (χ0n) is 7.50. The molecule has 5 nitrogen and oxygen atoms in total. The Morgan fingerprint density at radius 3 is 3.15 bits per heavy atom. The quantitative estimate of drug-likeness (QED) is 0.496. The Hall–Kier alpha value is -1.17. The van der Waals surface area contributed by atoms with Crippen molar-refractivity contribution in [2.45, 2.75) is 19.8 Å². The molecule has 0 fully saturated rings. The SMILES string of the molecule is CCCCNC(=S)Nc1ncn[nH]1. The van der Waals surface area contributed by atoms with Crippen molar-refractivity contribution in [1.82, 2.24) is 20.5 Å². The summed E-state index contributed by atoms with van der Waals surface area (Å²) in [7, 11) is 0. The lowest BCUT2D eigenvalue weighted by atomic mass is 10.3. The van der Waals surface area contributed by atoms with E-state index in [0.29, 0.717) is 11.1 Å². The highest BCUT2D eigenvalue weighted by atomic mass is 32.1. The molecule has 0 bridgehead atoms. The molecule has 0 amide bonds. The number of rotatable bonds is 4. The topological polar surface area (TPSA) is 65.6 Å². The third-order valence-electron chi connectivity index (χ3n) is 1.46. The summed E-state index contributed by atoms with van der Waals surface area (Å²) in [5.74, 6) is 0.564. The Kier molecular flexibility index (Phi) is 4.17. The number of H-pyrrole nitrogens is 1. The summed E-state index contributed by atoms with van der Waals surface area (Å²) in [6, 6.07) is 0. The van der Waals surface area contributed by atoms with E-state index in [1.165, 1.54) is 6.33 Å². The van der Waals surface area contributed by atoms with E-state index in [-0.39, 0.29) is 0 Å². The van der Waals surface area contributed by atoms with Crippen molar-refractivity contribution in [2.75, 3.05) is 11.9 Å². The van der Waals surface area contributed by atoms with Crippen molar-refractivity contribution in [2.24, 2.45) is 0 Å². The highest BCUT2D eigenvalue weighted by molar-refractivity contribution is 7.80. The Morgan fingerprint density at radius 1 is 1.69 bits per heavy atom.